The van der Waals surface area contributed by atoms with E-state index in [1.807, 2.05) is 45.9 Å². The van der Waals surface area contributed by atoms with E-state index >= 15 is 0 Å². The molecule has 0 aliphatic rings. The van der Waals surface area contributed by atoms with Crippen LogP contribution in [0.5, 0.6) is 0 Å². The summed E-state index contributed by atoms with van der Waals surface area (Å²) in [7, 11) is -9.41. The zero-order chi connectivity index (χ0) is 30.5. The molecule has 0 spiro atoms. The van der Waals surface area contributed by atoms with Gasteiger partial charge in [0, 0.05) is 26.2 Å². The van der Waals surface area contributed by atoms with Crippen molar-refractivity contribution in [2.75, 3.05) is 0 Å². The number of rotatable bonds is 5. The average Bonchev–Trinajstić information content (AvgIpc) is 2.91. The fourth-order valence-corrected chi connectivity index (χ4v) is 8.42. The molecular weight excluding hydrogens is 599 g/mol. The van der Waals surface area contributed by atoms with Crippen molar-refractivity contribution in [3.8, 4) is 5.69 Å². The minimum absolute atomic E-state index is 0.0469. The van der Waals surface area contributed by atoms with Crippen LogP contribution in [0.4, 0.5) is 0 Å². The fourth-order valence-electron chi connectivity index (χ4n) is 5.76. The van der Waals surface area contributed by atoms with E-state index in [0.29, 0.717) is 21.2 Å². The number of benzene rings is 4. The van der Waals surface area contributed by atoms with Crippen LogP contribution in [0.25, 0.3) is 47.4 Å². The standard InChI is InChI=1S/C30H25NO8S3/c1-14(2)17-6-5-7-18(15(3)4)27(17)31-29(32)20-10-9-19-21-12-16(41(34,35)36)8-11-23(21)40-28-24(42(37,38)39)13-22(30(31)33)25(20)26(19)28/h5-15H,1-4H3,(H,34,35,36)(H,37,38,39). The summed E-state index contributed by atoms with van der Waals surface area (Å²) in [5.41, 5.74) is 0.673. The predicted octanol–water partition coefficient (Wildman–Crippen LogP) is 6.05. The van der Waals surface area contributed by atoms with Gasteiger partial charge in [-0.1, -0.05) is 52.0 Å². The molecule has 9 nitrogen and oxygen atoms in total. The largest absolute Gasteiger partial charge is 0.295 e. The van der Waals surface area contributed by atoms with Crippen molar-refractivity contribution < 1.29 is 25.9 Å². The lowest BCUT2D eigenvalue weighted by Crippen LogP contribution is -2.34. The number of nitrogens with zero attached hydrogens (tertiary/aromatic N) is 1. The molecule has 2 N–H and O–H groups in total. The Bertz CT molecular complexity index is 2430. The van der Waals surface area contributed by atoms with Crippen LogP contribution < -0.4 is 11.1 Å². The van der Waals surface area contributed by atoms with Gasteiger partial charge in [0.05, 0.1) is 20.7 Å². The third-order valence-electron chi connectivity index (χ3n) is 7.66. The molecule has 42 heavy (non-hydrogen) atoms. The SMILES string of the molecule is CC(C)c1cccc(C(C)C)c1-n1c(=O)c2ccc3c4cc(S(=O)(=O)O)ccc4sc4c(S(=O)(=O)O)cc(c1=O)c2c43. The minimum atomic E-state index is -4.85. The van der Waals surface area contributed by atoms with Gasteiger partial charge < -0.3 is 0 Å². The molecule has 0 unspecified atom stereocenters. The van der Waals surface area contributed by atoms with Crippen molar-refractivity contribution >= 4 is 73.3 Å². The monoisotopic (exact) mass is 623 g/mol. The third-order valence-corrected chi connectivity index (χ3v) is 10.7. The van der Waals surface area contributed by atoms with Crippen LogP contribution in [0.3, 0.4) is 0 Å². The molecule has 216 valence electrons. The summed E-state index contributed by atoms with van der Waals surface area (Å²) >= 11 is 0.960. The molecule has 0 saturated heterocycles. The van der Waals surface area contributed by atoms with Crippen molar-refractivity contribution in [1.29, 1.82) is 0 Å². The molecule has 2 heterocycles. The summed E-state index contributed by atoms with van der Waals surface area (Å²) in [4.78, 5) is 27.7. The zero-order valence-electron chi connectivity index (χ0n) is 22.9. The number of para-hydroxylation sites is 1. The lowest BCUT2D eigenvalue weighted by atomic mass is 9.92. The topological polar surface area (TPSA) is 148 Å². The number of pyridine rings is 1. The van der Waals surface area contributed by atoms with Crippen LogP contribution in [0.15, 0.2) is 74.0 Å². The molecule has 0 amide bonds. The van der Waals surface area contributed by atoms with E-state index in [1.54, 1.807) is 6.07 Å². The first-order chi connectivity index (χ1) is 19.6. The van der Waals surface area contributed by atoms with Gasteiger partial charge in [-0.3, -0.25) is 18.7 Å². The van der Waals surface area contributed by atoms with Crippen molar-refractivity contribution in [3.05, 3.63) is 86.4 Å². The maximum atomic E-state index is 14.3. The quantitative estimate of drug-likeness (QED) is 0.134. The van der Waals surface area contributed by atoms with Crippen LogP contribution in [0, 0.1) is 0 Å². The van der Waals surface area contributed by atoms with Crippen molar-refractivity contribution in [3.63, 3.8) is 0 Å². The Morgan fingerprint density at radius 3 is 1.86 bits per heavy atom. The third kappa shape index (κ3) is 4.16. The van der Waals surface area contributed by atoms with Crippen molar-refractivity contribution in [2.45, 2.75) is 49.3 Å². The zero-order valence-corrected chi connectivity index (χ0v) is 25.3. The lowest BCUT2D eigenvalue weighted by molar-refractivity contribution is 0.481. The van der Waals surface area contributed by atoms with Crippen LogP contribution in [0.2, 0.25) is 0 Å². The van der Waals surface area contributed by atoms with E-state index in [0.717, 1.165) is 33.1 Å². The lowest BCUT2D eigenvalue weighted by Gasteiger charge is -2.22. The van der Waals surface area contributed by atoms with Crippen molar-refractivity contribution in [2.24, 2.45) is 0 Å². The Labute approximate surface area is 244 Å². The van der Waals surface area contributed by atoms with E-state index in [-0.39, 0.29) is 43.0 Å². The van der Waals surface area contributed by atoms with Crippen LogP contribution in [-0.2, 0) is 20.2 Å². The first-order valence-electron chi connectivity index (χ1n) is 13.0. The Morgan fingerprint density at radius 1 is 0.690 bits per heavy atom. The summed E-state index contributed by atoms with van der Waals surface area (Å²) in [6.45, 7) is 7.81. The summed E-state index contributed by atoms with van der Waals surface area (Å²) in [6, 6.07) is 13.7. The molecular formula is C30H25NO8S3. The van der Waals surface area contributed by atoms with Gasteiger partial charge >= 0.3 is 0 Å². The van der Waals surface area contributed by atoms with E-state index in [9.17, 15) is 35.5 Å². The molecule has 6 aromatic rings. The molecule has 0 radical (unpaired) electrons. The van der Waals surface area contributed by atoms with E-state index in [4.69, 9.17) is 0 Å². The molecule has 0 saturated carbocycles. The number of aromatic nitrogens is 1. The number of hydrogen-bond donors (Lipinski definition) is 2. The molecule has 0 atom stereocenters. The molecule has 6 rings (SSSR count). The second kappa shape index (κ2) is 9.41. The highest BCUT2D eigenvalue weighted by Crippen LogP contribution is 2.43. The van der Waals surface area contributed by atoms with Gasteiger partial charge in [-0.15, -0.1) is 11.3 Å². The summed E-state index contributed by atoms with van der Waals surface area (Å²) in [6.07, 6.45) is 0. The Morgan fingerprint density at radius 2 is 1.29 bits per heavy atom. The van der Waals surface area contributed by atoms with Gasteiger partial charge in [0.15, 0.2) is 0 Å². The van der Waals surface area contributed by atoms with Crippen molar-refractivity contribution in [1.82, 2.24) is 4.57 Å². The van der Waals surface area contributed by atoms with Gasteiger partial charge in [0.25, 0.3) is 31.4 Å². The van der Waals surface area contributed by atoms with Crippen LogP contribution in [-0.4, -0.2) is 30.5 Å². The molecule has 4 aromatic carbocycles. The molecule has 0 fully saturated rings. The van der Waals surface area contributed by atoms with Crippen LogP contribution >= 0.6 is 11.3 Å². The number of hydrogen-bond acceptors (Lipinski definition) is 7. The normalized spacial score (nSPS) is 13.0. The highest BCUT2D eigenvalue weighted by atomic mass is 32.2. The minimum Gasteiger partial charge on any atom is -0.282 e. The first-order valence-corrected chi connectivity index (χ1v) is 16.7. The smallest absolute Gasteiger partial charge is 0.282 e. The van der Waals surface area contributed by atoms with Gasteiger partial charge in [0.2, 0.25) is 0 Å². The van der Waals surface area contributed by atoms with Gasteiger partial charge in [-0.2, -0.15) is 16.8 Å². The summed E-state index contributed by atoms with van der Waals surface area (Å²) < 4.78 is 70.8. The van der Waals surface area contributed by atoms with E-state index in [1.165, 1.54) is 24.3 Å². The Kier molecular flexibility index (Phi) is 6.37. The Balaban J connectivity index is 1.91. The van der Waals surface area contributed by atoms with Gasteiger partial charge in [-0.25, -0.2) is 4.57 Å². The van der Waals surface area contributed by atoms with Gasteiger partial charge in [0.1, 0.15) is 4.90 Å². The molecule has 2 aromatic heterocycles. The van der Waals surface area contributed by atoms with Crippen LogP contribution in [0.1, 0.15) is 50.7 Å². The highest BCUT2D eigenvalue weighted by molar-refractivity contribution is 7.86. The highest BCUT2D eigenvalue weighted by Gasteiger charge is 2.27. The van der Waals surface area contributed by atoms with E-state index < -0.39 is 36.3 Å². The summed E-state index contributed by atoms with van der Waals surface area (Å²) in [5, 5.41) is 1.24. The second-order valence-corrected chi connectivity index (χ2v) is 14.8. The molecule has 0 bridgehead atoms. The van der Waals surface area contributed by atoms with Gasteiger partial charge in [-0.05, 0) is 58.7 Å². The molecule has 0 aliphatic heterocycles. The second-order valence-electron chi connectivity index (χ2n) is 10.9. The predicted molar refractivity (Wildman–Crippen MR) is 165 cm³/mol. The van der Waals surface area contributed by atoms with E-state index in [2.05, 4.69) is 0 Å². The maximum Gasteiger partial charge on any atom is 0.295 e. The average molecular weight is 624 g/mol. The molecule has 0 aliphatic carbocycles. The Hall–Kier alpha value is -3.68. The number of fused-ring (bicyclic) bond motifs is 2. The molecule has 12 heteroatoms. The summed E-state index contributed by atoms with van der Waals surface area (Å²) in [5.74, 6) is -0.0938. The maximum absolute atomic E-state index is 14.3. The fraction of sp³-hybridized carbons (Fsp3) is 0.200. The first kappa shape index (κ1) is 28.4.